The Hall–Kier alpha value is -1.98. The molecule has 138 valence electrons. The molecule has 5 fully saturated rings. The van der Waals surface area contributed by atoms with Gasteiger partial charge in [-0.15, -0.1) is 0 Å². The molecule has 1 aromatic heterocycles. The van der Waals surface area contributed by atoms with Crippen molar-refractivity contribution in [3.63, 3.8) is 0 Å². The molecule has 1 aromatic rings. The van der Waals surface area contributed by atoms with E-state index in [1.165, 1.54) is 25.5 Å². The first-order chi connectivity index (χ1) is 12.6. The standard InChI is InChI=1S/C20H26N4O2/c25-18(17-13-21-1-2-22-17)23-3-5-24(6-4-23)19(26)20-10-14-7-15(11-20)9-16(8-14)12-20/h1-2,13-16H,3-12H2. The summed E-state index contributed by atoms with van der Waals surface area (Å²) in [5.41, 5.74) is 0.305. The molecule has 0 aromatic carbocycles. The second-order valence-electron chi connectivity index (χ2n) is 8.87. The fourth-order valence-corrected chi connectivity index (χ4v) is 6.39. The Morgan fingerprint density at radius 2 is 1.46 bits per heavy atom. The van der Waals surface area contributed by atoms with Crippen LogP contribution in [0.5, 0.6) is 0 Å². The molecular formula is C20H26N4O2. The van der Waals surface area contributed by atoms with Crippen molar-refractivity contribution in [2.75, 3.05) is 26.2 Å². The first-order valence-corrected chi connectivity index (χ1v) is 9.98. The van der Waals surface area contributed by atoms with Gasteiger partial charge in [-0.05, 0) is 56.3 Å². The molecule has 4 bridgehead atoms. The lowest BCUT2D eigenvalue weighted by molar-refractivity contribution is -0.159. The van der Waals surface area contributed by atoms with Crippen LogP contribution in [-0.4, -0.2) is 57.8 Å². The predicted molar refractivity (Wildman–Crippen MR) is 95.1 cm³/mol. The zero-order valence-corrected chi connectivity index (χ0v) is 15.1. The van der Waals surface area contributed by atoms with E-state index >= 15 is 0 Å². The minimum atomic E-state index is -0.0833. The number of carbonyl (C=O) groups is 2. The SMILES string of the molecule is O=C(c1cnccn1)N1CCN(C(=O)C23CC4CC(CC(C4)C2)C3)CC1. The number of nitrogens with zero attached hydrogens (tertiary/aromatic N) is 4. The molecule has 0 unspecified atom stereocenters. The first kappa shape index (κ1) is 16.2. The molecular weight excluding hydrogens is 328 g/mol. The minimum absolute atomic E-state index is 0.0775. The molecule has 0 atom stereocenters. The lowest BCUT2D eigenvalue weighted by Crippen LogP contribution is -2.58. The number of rotatable bonds is 2. The molecule has 4 aliphatic carbocycles. The third kappa shape index (κ3) is 2.61. The predicted octanol–water partition coefficient (Wildman–Crippen LogP) is 1.98. The number of hydrogen-bond acceptors (Lipinski definition) is 4. The maximum absolute atomic E-state index is 13.4. The van der Waals surface area contributed by atoms with E-state index in [-0.39, 0.29) is 11.3 Å². The molecule has 6 heteroatoms. The van der Waals surface area contributed by atoms with Crippen molar-refractivity contribution in [2.45, 2.75) is 38.5 Å². The quantitative estimate of drug-likeness (QED) is 0.814. The number of carbonyl (C=O) groups excluding carboxylic acids is 2. The van der Waals surface area contributed by atoms with Crippen LogP contribution in [0.2, 0.25) is 0 Å². The summed E-state index contributed by atoms with van der Waals surface area (Å²) in [4.78, 5) is 37.8. The van der Waals surface area contributed by atoms with Crippen molar-refractivity contribution in [1.82, 2.24) is 19.8 Å². The summed E-state index contributed by atoms with van der Waals surface area (Å²) < 4.78 is 0. The van der Waals surface area contributed by atoms with Crippen molar-refractivity contribution in [1.29, 1.82) is 0 Å². The van der Waals surface area contributed by atoms with Crippen LogP contribution in [0.4, 0.5) is 0 Å². The Morgan fingerprint density at radius 1 is 0.885 bits per heavy atom. The van der Waals surface area contributed by atoms with Gasteiger partial charge in [0.05, 0.1) is 11.6 Å². The van der Waals surface area contributed by atoms with E-state index in [0.717, 1.165) is 37.0 Å². The van der Waals surface area contributed by atoms with Crippen LogP contribution in [0.1, 0.15) is 49.0 Å². The van der Waals surface area contributed by atoms with Gasteiger partial charge in [-0.1, -0.05) is 0 Å². The highest BCUT2D eigenvalue weighted by Gasteiger charge is 2.55. The fraction of sp³-hybridized carbons (Fsp3) is 0.700. The highest BCUT2D eigenvalue weighted by atomic mass is 16.2. The van der Waals surface area contributed by atoms with Crippen molar-refractivity contribution < 1.29 is 9.59 Å². The Kier molecular flexibility index (Phi) is 3.76. The Morgan fingerprint density at radius 3 is 2.00 bits per heavy atom. The summed E-state index contributed by atoms with van der Waals surface area (Å²) in [6.45, 7) is 2.47. The van der Waals surface area contributed by atoms with Crippen LogP contribution >= 0.6 is 0 Å². The number of amides is 2. The van der Waals surface area contributed by atoms with Gasteiger partial charge < -0.3 is 9.80 Å². The van der Waals surface area contributed by atoms with Gasteiger partial charge >= 0.3 is 0 Å². The Bertz CT molecular complexity index is 676. The minimum Gasteiger partial charge on any atom is -0.339 e. The first-order valence-electron chi connectivity index (χ1n) is 9.98. The van der Waals surface area contributed by atoms with Gasteiger partial charge in [0.25, 0.3) is 5.91 Å². The molecule has 2 amide bonds. The van der Waals surface area contributed by atoms with Gasteiger partial charge in [0.15, 0.2) is 0 Å². The average molecular weight is 354 g/mol. The molecule has 1 saturated heterocycles. The van der Waals surface area contributed by atoms with E-state index in [1.54, 1.807) is 17.3 Å². The highest BCUT2D eigenvalue weighted by Crippen LogP contribution is 2.60. The largest absolute Gasteiger partial charge is 0.339 e. The maximum atomic E-state index is 13.4. The summed E-state index contributed by atoms with van der Waals surface area (Å²) in [5, 5.41) is 0. The second-order valence-corrected chi connectivity index (χ2v) is 8.87. The van der Waals surface area contributed by atoms with E-state index in [4.69, 9.17) is 0 Å². The smallest absolute Gasteiger partial charge is 0.274 e. The van der Waals surface area contributed by atoms with Crippen LogP contribution in [0, 0.1) is 23.2 Å². The van der Waals surface area contributed by atoms with Crippen LogP contribution < -0.4 is 0 Å². The Balaban J connectivity index is 1.24. The molecule has 26 heavy (non-hydrogen) atoms. The normalized spacial score (nSPS) is 35.6. The lowest BCUT2D eigenvalue weighted by atomic mass is 9.49. The molecule has 0 radical (unpaired) electrons. The Labute approximate surface area is 154 Å². The summed E-state index contributed by atoms with van der Waals surface area (Å²) in [6.07, 6.45) is 12.0. The van der Waals surface area contributed by atoms with E-state index < -0.39 is 0 Å². The van der Waals surface area contributed by atoms with Crippen molar-refractivity contribution in [3.8, 4) is 0 Å². The summed E-state index contributed by atoms with van der Waals surface area (Å²) in [5.74, 6) is 2.64. The van der Waals surface area contributed by atoms with Crippen LogP contribution in [0.25, 0.3) is 0 Å². The molecule has 4 saturated carbocycles. The van der Waals surface area contributed by atoms with Crippen LogP contribution in [0.3, 0.4) is 0 Å². The van der Waals surface area contributed by atoms with Gasteiger partial charge in [-0.2, -0.15) is 0 Å². The van der Waals surface area contributed by atoms with Crippen molar-refractivity contribution >= 4 is 11.8 Å². The lowest BCUT2D eigenvalue weighted by Gasteiger charge is -2.57. The van der Waals surface area contributed by atoms with Gasteiger partial charge in [0, 0.05) is 38.6 Å². The summed E-state index contributed by atoms with van der Waals surface area (Å²) in [7, 11) is 0. The number of hydrogen-bond donors (Lipinski definition) is 0. The molecule has 0 N–H and O–H groups in total. The molecule has 5 aliphatic rings. The number of aromatic nitrogens is 2. The monoisotopic (exact) mass is 354 g/mol. The zero-order chi connectivity index (χ0) is 17.7. The molecule has 6 rings (SSSR count). The van der Waals surface area contributed by atoms with Gasteiger partial charge in [-0.3, -0.25) is 14.6 Å². The maximum Gasteiger partial charge on any atom is 0.274 e. The van der Waals surface area contributed by atoms with Gasteiger partial charge in [0.2, 0.25) is 5.91 Å². The van der Waals surface area contributed by atoms with E-state index in [1.807, 2.05) is 4.90 Å². The fourth-order valence-electron chi connectivity index (χ4n) is 6.39. The van der Waals surface area contributed by atoms with Crippen LogP contribution in [0.15, 0.2) is 18.6 Å². The van der Waals surface area contributed by atoms with Gasteiger partial charge in [0.1, 0.15) is 5.69 Å². The second kappa shape index (κ2) is 6.03. The zero-order valence-electron chi connectivity index (χ0n) is 15.1. The topological polar surface area (TPSA) is 66.4 Å². The summed E-state index contributed by atoms with van der Waals surface area (Å²) >= 11 is 0. The average Bonchev–Trinajstić information content (AvgIpc) is 2.67. The van der Waals surface area contributed by atoms with Gasteiger partial charge in [-0.25, -0.2) is 4.98 Å². The van der Waals surface area contributed by atoms with E-state index in [2.05, 4.69) is 9.97 Å². The van der Waals surface area contributed by atoms with E-state index in [0.29, 0.717) is 37.8 Å². The summed E-state index contributed by atoms with van der Waals surface area (Å²) in [6, 6.07) is 0. The highest BCUT2D eigenvalue weighted by molar-refractivity contribution is 5.92. The van der Waals surface area contributed by atoms with Crippen molar-refractivity contribution in [2.24, 2.45) is 23.2 Å². The third-order valence-electron chi connectivity index (χ3n) is 7.13. The van der Waals surface area contributed by atoms with E-state index in [9.17, 15) is 9.59 Å². The van der Waals surface area contributed by atoms with Crippen LogP contribution in [-0.2, 0) is 4.79 Å². The molecule has 1 aliphatic heterocycles. The molecule has 2 heterocycles. The van der Waals surface area contributed by atoms with Crippen molar-refractivity contribution in [3.05, 3.63) is 24.3 Å². The molecule has 6 nitrogen and oxygen atoms in total. The third-order valence-corrected chi connectivity index (χ3v) is 7.13. The molecule has 0 spiro atoms. The number of piperazine rings is 1.